The van der Waals surface area contributed by atoms with Crippen molar-refractivity contribution < 1.29 is 9.90 Å². The molecule has 4 heterocycles. The molecule has 1 aromatic carbocycles. The third-order valence-electron chi connectivity index (χ3n) is 9.26. The fourth-order valence-corrected chi connectivity index (χ4v) is 6.96. The van der Waals surface area contributed by atoms with E-state index in [1.165, 1.54) is 36.1 Å². The Morgan fingerprint density at radius 3 is 2.68 bits per heavy atom. The first-order chi connectivity index (χ1) is 18.0. The number of hydrogen-bond acceptors (Lipinski definition) is 5. The molecule has 0 radical (unpaired) electrons. The van der Waals surface area contributed by atoms with E-state index >= 15 is 0 Å². The van der Waals surface area contributed by atoms with Gasteiger partial charge in [-0.15, -0.1) is 0 Å². The van der Waals surface area contributed by atoms with Gasteiger partial charge in [-0.1, -0.05) is 49.1 Å². The number of benzene rings is 1. The Kier molecular flexibility index (Phi) is 7.00. The highest BCUT2D eigenvalue weighted by atomic mass is 16.4. The average molecular weight is 502 g/mol. The summed E-state index contributed by atoms with van der Waals surface area (Å²) >= 11 is 0. The lowest BCUT2D eigenvalue weighted by Gasteiger charge is -2.35. The molecule has 3 fully saturated rings. The third kappa shape index (κ3) is 5.16. The van der Waals surface area contributed by atoms with Crippen LogP contribution in [0.15, 0.2) is 48.9 Å². The van der Waals surface area contributed by atoms with Crippen molar-refractivity contribution in [2.24, 2.45) is 11.8 Å². The molecule has 1 N–H and O–H groups in total. The van der Waals surface area contributed by atoms with Gasteiger partial charge in [0, 0.05) is 49.6 Å². The molecule has 196 valence electrons. The summed E-state index contributed by atoms with van der Waals surface area (Å²) in [6.45, 7) is 7.05. The van der Waals surface area contributed by atoms with Crippen LogP contribution < -0.4 is 0 Å². The van der Waals surface area contributed by atoms with E-state index in [-0.39, 0.29) is 6.04 Å². The first-order valence-electron chi connectivity index (χ1n) is 14.1. The zero-order valence-electron chi connectivity index (χ0n) is 21.9. The highest BCUT2D eigenvalue weighted by Crippen LogP contribution is 2.39. The van der Waals surface area contributed by atoms with Crippen LogP contribution in [0.2, 0.25) is 0 Å². The predicted molar refractivity (Wildman–Crippen MR) is 144 cm³/mol. The topological polar surface area (TPSA) is 74.0 Å². The number of carbonyl (C=O) groups is 1. The van der Waals surface area contributed by atoms with Crippen molar-refractivity contribution in [1.29, 1.82) is 0 Å². The van der Waals surface area contributed by atoms with Crippen LogP contribution in [0.5, 0.6) is 0 Å². The Labute approximate surface area is 219 Å². The number of carboxylic acid groups (broad SMARTS) is 1. The van der Waals surface area contributed by atoms with Gasteiger partial charge in [-0.25, -0.2) is 9.97 Å². The van der Waals surface area contributed by atoms with Crippen LogP contribution in [-0.4, -0.2) is 74.0 Å². The van der Waals surface area contributed by atoms with E-state index in [9.17, 15) is 9.90 Å². The van der Waals surface area contributed by atoms with Crippen molar-refractivity contribution >= 4 is 11.7 Å². The maximum Gasteiger partial charge on any atom is 0.320 e. The van der Waals surface area contributed by atoms with E-state index < -0.39 is 5.97 Å². The number of imidazole rings is 1. The monoisotopic (exact) mass is 501 g/mol. The lowest BCUT2D eigenvalue weighted by molar-refractivity contribution is -0.144. The molecule has 7 nitrogen and oxygen atoms in total. The number of hydrogen-bond donors (Lipinski definition) is 1. The first kappa shape index (κ1) is 24.6. The maximum absolute atomic E-state index is 12.3. The summed E-state index contributed by atoms with van der Waals surface area (Å²) in [5, 5.41) is 10.1. The van der Waals surface area contributed by atoms with Gasteiger partial charge in [0.2, 0.25) is 5.78 Å². The predicted octanol–water partition coefficient (Wildman–Crippen LogP) is 4.58. The molecule has 2 aromatic heterocycles. The Hall–Kier alpha value is -2.77. The van der Waals surface area contributed by atoms with Gasteiger partial charge >= 0.3 is 5.97 Å². The Balaban J connectivity index is 1.15. The van der Waals surface area contributed by atoms with Crippen LogP contribution in [0.3, 0.4) is 0 Å². The summed E-state index contributed by atoms with van der Waals surface area (Å²) in [5.74, 6) is 2.06. The van der Waals surface area contributed by atoms with Gasteiger partial charge in [0.15, 0.2) is 0 Å². The van der Waals surface area contributed by atoms with Gasteiger partial charge in [0.1, 0.15) is 6.04 Å². The molecule has 0 spiro atoms. The second-order valence-corrected chi connectivity index (χ2v) is 11.7. The van der Waals surface area contributed by atoms with Crippen LogP contribution >= 0.6 is 0 Å². The zero-order valence-corrected chi connectivity index (χ0v) is 21.9. The fourth-order valence-electron chi connectivity index (χ4n) is 6.96. The molecule has 7 heteroatoms. The fraction of sp³-hybridized carbons (Fsp3) is 0.567. The standard InChI is InChI=1S/C30H39N5O2/c1-21-5-2-8-24(15-21)26-20-34(27(29(36)37)16-22-6-3-7-22)19-25(26)18-33-13-9-23(10-14-33)28-17-32-30-31-11-4-12-35(28)30/h2,4-5,8,11-12,15,17,22-23,25-27H,3,6-7,9-10,13-14,16,18-20H2,1H3,(H,36,37)/t25-,26+,27+/m0/s1. The summed E-state index contributed by atoms with van der Waals surface area (Å²) in [6.07, 6.45) is 12.6. The third-order valence-corrected chi connectivity index (χ3v) is 9.26. The van der Waals surface area contributed by atoms with Crippen molar-refractivity contribution in [3.63, 3.8) is 0 Å². The second kappa shape index (κ2) is 10.5. The molecule has 2 saturated heterocycles. The molecule has 3 atom stereocenters. The number of carboxylic acids is 1. The van der Waals surface area contributed by atoms with Crippen molar-refractivity contribution in [3.8, 4) is 0 Å². The van der Waals surface area contributed by atoms with Crippen LogP contribution in [0.4, 0.5) is 0 Å². The normalized spacial score (nSPS) is 24.9. The van der Waals surface area contributed by atoms with Crippen molar-refractivity contribution in [3.05, 3.63) is 65.7 Å². The minimum Gasteiger partial charge on any atom is -0.480 e. The summed E-state index contributed by atoms with van der Waals surface area (Å²) in [6, 6.07) is 10.5. The molecule has 6 rings (SSSR count). The Morgan fingerprint density at radius 1 is 1.11 bits per heavy atom. The van der Waals surface area contributed by atoms with E-state index in [1.54, 1.807) is 6.20 Å². The van der Waals surface area contributed by atoms with Crippen LogP contribution in [0, 0.1) is 18.8 Å². The largest absolute Gasteiger partial charge is 0.480 e. The summed E-state index contributed by atoms with van der Waals surface area (Å²) < 4.78 is 2.14. The lowest BCUT2D eigenvalue weighted by Crippen LogP contribution is -2.43. The molecule has 37 heavy (non-hydrogen) atoms. The summed E-state index contributed by atoms with van der Waals surface area (Å²) in [5.41, 5.74) is 3.92. The highest BCUT2D eigenvalue weighted by Gasteiger charge is 2.41. The quantitative estimate of drug-likeness (QED) is 0.487. The molecule has 0 bridgehead atoms. The molecule has 3 aromatic rings. The molecular formula is C30H39N5O2. The van der Waals surface area contributed by atoms with Gasteiger partial charge in [0.25, 0.3) is 0 Å². The number of rotatable bonds is 8. The van der Waals surface area contributed by atoms with Gasteiger partial charge in [-0.05, 0) is 62.7 Å². The molecule has 3 aliphatic rings. The number of piperidine rings is 1. The summed E-state index contributed by atoms with van der Waals surface area (Å²) in [4.78, 5) is 26.1. The van der Waals surface area contributed by atoms with Crippen molar-refractivity contribution in [2.75, 3.05) is 32.7 Å². The molecule has 1 saturated carbocycles. The van der Waals surface area contributed by atoms with E-state index in [4.69, 9.17) is 0 Å². The van der Waals surface area contributed by atoms with Gasteiger partial charge in [-0.3, -0.25) is 14.1 Å². The van der Waals surface area contributed by atoms with Crippen LogP contribution in [-0.2, 0) is 4.79 Å². The van der Waals surface area contributed by atoms with Crippen LogP contribution in [0.25, 0.3) is 5.78 Å². The number of fused-ring (bicyclic) bond motifs is 1. The second-order valence-electron chi connectivity index (χ2n) is 11.7. The average Bonchev–Trinajstić information content (AvgIpc) is 3.48. The number of likely N-dealkylation sites (tertiary alicyclic amines) is 2. The smallest absolute Gasteiger partial charge is 0.320 e. The SMILES string of the molecule is Cc1cccc([C@H]2CN([C@H](CC3CCC3)C(=O)O)C[C@@H]2CN2CCC(c3cnc4ncccn34)CC2)c1. The van der Waals surface area contributed by atoms with Crippen molar-refractivity contribution in [1.82, 2.24) is 24.2 Å². The van der Waals surface area contributed by atoms with E-state index in [2.05, 4.69) is 61.6 Å². The lowest BCUT2D eigenvalue weighted by atomic mass is 9.80. The van der Waals surface area contributed by atoms with Gasteiger partial charge in [0.05, 0.1) is 6.20 Å². The zero-order chi connectivity index (χ0) is 25.4. The van der Waals surface area contributed by atoms with Gasteiger partial charge < -0.3 is 10.0 Å². The van der Waals surface area contributed by atoms with Gasteiger partial charge in [-0.2, -0.15) is 0 Å². The Bertz CT molecular complexity index is 1230. The number of nitrogens with zero attached hydrogens (tertiary/aromatic N) is 5. The number of aryl methyl sites for hydroxylation is 1. The van der Waals surface area contributed by atoms with Crippen molar-refractivity contribution in [2.45, 2.75) is 63.3 Å². The molecule has 0 amide bonds. The van der Waals surface area contributed by atoms with Crippen LogP contribution in [0.1, 0.15) is 67.2 Å². The molecule has 1 aliphatic carbocycles. The highest BCUT2D eigenvalue weighted by molar-refractivity contribution is 5.73. The minimum absolute atomic E-state index is 0.350. The first-order valence-corrected chi connectivity index (χ1v) is 14.1. The molecular weight excluding hydrogens is 462 g/mol. The maximum atomic E-state index is 12.3. The van der Waals surface area contributed by atoms with E-state index in [0.717, 1.165) is 57.8 Å². The Morgan fingerprint density at radius 2 is 1.95 bits per heavy atom. The minimum atomic E-state index is -0.640. The molecule has 0 unspecified atom stereocenters. The summed E-state index contributed by atoms with van der Waals surface area (Å²) in [7, 11) is 0. The molecule has 2 aliphatic heterocycles. The number of aliphatic carboxylic acids is 1. The number of aromatic nitrogens is 3. The van der Waals surface area contributed by atoms with E-state index in [1.807, 2.05) is 12.3 Å². The van der Waals surface area contributed by atoms with E-state index in [0.29, 0.717) is 23.7 Å².